The second-order valence-electron chi connectivity index (χ2n) is 4.13. The lowest BCUT2D eigenvalue weighted by atomic mass is 10.3. The molecule has 0 saturated heterocycles. The van der Waals surface area contributed by atoms with Gasteiger partial charge in [0.2, 0.25) is 0 Å². The molecule has 14 heavy (non-hydrogen) atoms. The SMILES string of the molecule is CC(Cn1cc(Br)cn1)NCC1CC1. The van der Waals surface area contributed by atoms with E-state index in [0.29, 0.717) is 6.04 Å². The van der Waals surface area contributed by atoms with Gasteiger partial charge in [0.25, 0.3) is 0 Å². The van der Waals surface area contributed by atoms with Crippen molar-refractivity contribution >= 4 is 15.9 Å². The van der Waals surface area contributed by atoms with E-state index in [4.69, 9.17) is 0 Å². The summed E-state index contributed by atoms with van der Waals surface area (Å²) in [5.41, 5.74) is 0. The summed E-state index contributed by atoms with van der Waals surface area (Å²) in [6, 6.07) is 0.502. The Morgan fingerprint density at radius 2 is 2.50 bits per heavy atom. The van der Waals surface area contributed by atoms with E-state index in [0.717, 1.165) is 16.9 Å². The Hall–Kier alpha value is -0.350. The molecule has 3 nitrogen and oxygen atoms in total. The summed E-state index contributed by atoms with van der Waals surface area (Å²) in [5, 5.41) is 7.75. The van der Waals surface area contributed by atoms with Crippen LogP contribution in [0, 0.1) is 5.92 Å². The van der Waals surface area contributed by atoms with Gasteiger partial charge in [-0.25, -0.2) is 0 Å². The molecule has 2 rings (SSSR count). The number of hydrogen-bond donors (Lipinski definition) is 1. The minimum Gasteiger partial charge on any atom is -0.312 e. The fraction of sp³-hybridized carbons (Fsp3) is 0.700. The summed E-state index contributed by atoms with van der Waals surface area (Å²) in [6.45, 7) is 4.32. The monoisotopic (exact) mass is 257 g/mol. The molecule has 1 aliphatic rings. The Morgan fingerprint density at radius 1 is 1.71 bits per heavy atom. The summed E-state index contributed by atoms with van der Waals surface area (Å²) >= 11 is 3.39. The molecule has 1 aromatic rings. The maximum Gasteiger partial charge on any atom is 0.0632 e. The molecule has 78 valence electrons. The van der Waals surface area contributed by atoms with E-state index in [9.17, 15) is 0 Å². The highest BCUT2D eigenvalue weighted by molar-refractivity contribution is 9.10. The van der Waals surface area contributed by atoms with Crippen LogP contribution in [0.2, 0.25) is 0 Å². The van der Waals surface area contributed by atoms with Crippen LogP contribution in [0.4, 0.5) is 0 Å². The molecule has 4 heteroatoms. The van der Waals surface area contributed by atoms with Crippen molar-refractivity contribution in [1.82, 2.24) is 15.1 Å². The lowest BCUT2D eigenvalue weighted by molar-refractivity contribution is 0.443. The highest BCUT2D eigenvalue weighted by Crippen LogP contribution is 2.27. The average Bonchev–Trinajstić information content (AvgIpc) is 2.88. The minimum atomic E-state index is 0.502. The first-order valence-electron chi connectivity index (χ1n) is 5.15. The highest BCUT2D eigenvalue weighted by Gasteiger charge is 2.21. The summed E-state index contributed by atoms with van der Waals surface area (Å²) in [5.74, 6) is 0.946. The van der Waals surface area contributed by atoms with E-state index in [-0.39, 0.29) is 0 Å². The summed E-state index contributed by atoms with van der Waals surface area (Å²) in [6.07, 6.45) is 6.66. The lowest BCUT2D eigenvalue weighted by Crippen LogP contribution is -2.32. The van der Waals surface area contributed by atoms with E-state index in [1.807, 2.05) is 17.1 Å². The van der Waals surface area contributed by atoms with Crippen LogP contribution in [-0.4, -0.2) is 22.4 Å². The molecule has 0 amide bonds. The van der Waals surface area contributed by atoms with E-state index in [1.165, 1.54) is 19.4 Å². The van der Waals surface area contributed by atoms with E-state index in [2.05, 4.69) is 33.3 Å². The van der Waals surface area contributed by atoms with Crippen LogP contribution in [-0.2, 0) is 6.54 Å². The zero-order valence-corrected chi connectivity index (χ0v) is 10.00. The fourth-order valence-corrected chi connectivity index (χ4v) is 1.80. The number of nitrogens with one attached hydrogen (secondary N) is 1. The van der Waals surface area contributed by atoms with Crippen LogP contribution in [0.15, 0.2) is 16.9 Å². The van der Waals surface area contributed by atoms with Crippen molar-refractivity contribution in [3.63, 3.8) is 0 Å². The Kier molecular flexibility index (Phi) is 3.23. The topological polar surface area (TPSA) is 29.9 Å². The summed E-state index contributed by atoms with van der Waals surface area (Å²) in [7, 11) is 0. The molecule has 1 N–H and O–H groups in total. The normalized spacial score (nSPS) is 18.4. The number of halogens is 1. The third-order valence-electron chi connectivity index (χ3n) is 2.51. The smallest absolute Gasteiger partial charge is 0.0632 e. The molecule has 0 spiro atoms. The van der Waals surface area contributed by atoms with Gasteiger partial charge in [-0.15, -0.1) is 0 Å². The van der Waals surface area contributed by atoms with E-state index < -0.39 is 0 Å². The molecule has 1 atom stereocenters. The van der Waals surface area contributed by atoms with Crippen LogP contribution >= 0.6 is 15.9 Å². The van der Waals surface area contributed by atoms with Gasteiger partial charge in [0, 0.05) is 12.2 Å². The van der Waals surface area contributed by atoms with Crippen molar-refractivity contribution in [2.75, 3.05) is 6.54 Å². The van der Waals surface area contributed by atoms with Crippen molar-refractivity contribution in [2.45, 2.75) is 32.4 Å². The molecule has 1 aromatic heterocycles. The molecule has 0 aliphatic heterocycles. The maximum absolute atomic E-state index is 4.23. The summed E-state index contributed by atoms with van der Waals surface area (Å²) in [4.78, 5) is 0. The van der Waals surface area contributed by atoms with Crippen molar-refractivity contribution in [1.29, 1.82) is 0 Å². The van der Waals surface area contributed by atoms with Gasteiger partial charge in [-0.2, -0.15) is 5.10 Å². The molecular formula is C10H16BrN3. The third-order valence-corrected chi connectivity index (χ3v) is 2.92. The molecule has 1 fully saturated rings. The molecule has 0 aromatic carbocycles. The zero-order chi connectivity index (χ0) is 9.97. The number of aromatic nitrogens is 2. The van der Waals surface area contributed by atoms with E-state index >= 15 is 0 Å². The van der Waals surface area contributed by atoms with Gasteiger partial charge in [0.1, 0.15) is 0 Å². The first-order valence-corrected chi connectivity index (χ1v) is 5.94. The average molecular weight is 258 g/mol. The Morgan fingerprint density at radius 3 is 3.07 bits per heavy atom. The molecule has 0 radical (unpaired) electrons. The molecule has 1 heterocycles. The second-order valence-corrected chi connectivity index (χ2v) is 5.05. The Balaban J connectivity index is 1.72. The largest absolute Gasteiger partial charge is 0.312 e. The molecule has 1 saturated carbocycles. The standard InChI is InChI=1S/C10H16BrN3/c1-8(12-4-9-2-3-9)6-14-7-10(11)5-13-14/h5,7-9,12H,2-4,6H2,1H3. The van der Waals surface area contributed by atoms with Crippen LogP contribution < -0.4 is 5.32 Å². The van der Waals surface area contributed by atoms with Crippen molar-refractivity contribution < 1.29 is 0 Å². The van der Waals surface area contributed by atoms with Gasteiger partial charge in [0.15, 0.2) is 0 Å². The van der Waals surface area contributed by atoms with Gasteiger partial charge in [-0.1, -0.05) is 0 Å². The predicted octanol–water partition coefficient (Wildman–Crippen LogP) is 2.03. The first kappa shape index (κ1) is 10.2. The quantitative estimate of drug-likeness (QED) is 0.875. The second kappa shape index (κ2) is 4.45. The van der Waals surface area contributed by atoms with Gasteiger partial charge < -0.3 is 5.32 Å². The van der Waals surface area contributed by atoms with Crippen molar-refractivity contribution in [3.05, 3.63) is 16.9 Å². The van der Waals surface area contributed by atoms with Gasteiger partial charge in [-0.3, -0.25) is 4.68 Å². The molecule has 1 aliphatic carbocycles. The fourth-order valence-electron chi connectivity index (χ4n) is 1.47. The Bertz CT molecular complexity index is 293. The molecular weight excluding hydrogens is 242 g/mol. The van der Waals surface area contributed by atoms with Crippen LogP contribution in [0.25, 0.3) is 0 Å². The number of hydrogen-bond acceptors (Lipinski definition) is 2. The molecule has 1 unspecified atom stereocenters. The van der Waals surface area contributed by atoms with E-state index in [1.54, 1.807) is 0 Å². The predicted molar refractivity (Wildman–Crippen MR) is 60.1 cm³/mol. The third kappa shape index (κ3) is 3.10. The van der Waals surface area contributed by atoms with Crippen LogP contribution in [0.3, 0.4) is 0 Å². The van der Waals surface area contributed by atoms with Crippen LogP contribution in [0.5, 0.6) is 0 Å². The Labute approximate surface area is 93.0 Å². The first-order chi connectivity index (χ1) is 6.74. The minimum absolute atomic E-state index is 0.502. The molecule has 0 bridgehead atoms. The lowest BCUT2D eigenvalue weighted by Gasteiger charge is -2.13. The number of rotatable bonds is 5. The van der Waals surface area contributed by atoms with Gasteiger partial charge >= 0.3 is 0 Å². The van der Waals surface area contributed by atoms with Gasteiger partial charge in [0.05, 0.1) is 17.2 Å². The van der Waals surface area contributed by atoms with Crippen LogP contribution in [0.1, 0.15) is 19.8 Å². The van der Waals surface area contributed by atoms with Crippen molar-refractivity contribution in [2.24, 2.45) is 5.92 Å². The van der Waals surface area contributed by atoms with Crippen molar-refractivity contribution in [3.8, 4) is 0 Å². The van der Waals surface area contributed by atoms with Gasteiger partial charge in [-0.05, 0) is 48.2 Å². The highest BCUT2D eigenvalue weighted by atomic mass is 79.9. The zero-order valence-electron chi connectivity index (χ0n) is 8.41. The summed E-state index contributed by atoms with van der Waals surface area (Å²) < 4.78 is 3.01. The number of nitrogens with zero attached hydrogens (tertiary/aromatic N) is 2. The maximum atomic E-state index is 4.23.